The van der Waals surface area contributed by atoms with E-state index in [0.717, 1.165) is 25.7 Å². The maximum Gasteiger partial charge on any atom is 0.469 e. The average Bonchev–Trinajstić information content (AvgIpc) is 3.09. The molecular weight excluding hydrogens is 385 g/mol. The number of benzene rings is 2. The summed E-state index contributed by atoms with van der Waals surface area (Å²) in [6.45, 7) is -0.0973. The van der Waals surface area contributed by atoms with Crippen LogP contribution in [0.1, 0.15) is 53.9 Å². The third kappa shape index (κ3) is 5.36. The van der Waals surface area contributed by atoms with Gasteiger partial charge in [0.05, 0.1) is 6.61 Å². The monoisotopic (exact) mass is 415 g/mol. The quantitative estimate of drug-likeness (QED) is 0.618. The highest BCUT2D eigenvalue weighted by Crippen LogP contribution is 2.44. The summed E-state index contributed by atoms with van der Waals surface area (Å²) in [7, 11) is -4.48. The first kappa shape index (κ1) is 20.8. The lowest BCUT2D eigenvalue weighted by atomic mass is 9.79. The first-order valence-corrected chi connectivity index (χ1v) is 12.0. The molecule has 5 nitrogen and oxygen atoms in total. The Labute approximate surface area is 172 Å². The van der Waals surface area contributed by atoms with Gasteiger partial charge in [0.25, 0.3) is 0 Å². The Kier molecular flexibility index (Phi) is 5.97. The molecule has 3 atom stereocenters. The molecule has 0 spiro atoms. The van der Waals surface area contributed by atoms with Gasteiger partial charge in [0.1, 0.15) is 0 Å². The molecule has 0 unspecified atom stereocenters. The van der Waals surface area contributed by atoms with E-state index in [2.05, 4.69) is 48.5 Å². The Bertz CT molecular complexity index is 897. The molecule has 1 fully saturated rings. The number of hydrogen-bond acceptors (Lipinski definition) is 3. The van der Waals surface area contributed by atoms with E-state index in [4.69, 9.17) is 20.0 Å². The lowest BCUT2D eigenvalue weighted by Crippen LogP contribution is -2.41. The van der Waals surface area contributed by atoms with Gasteiger partial charge in [-0.15, -0.1) is 0 Å². The average molecular weight is 415 g/mol. The Morgan fingerprint density at radius 3 is 2.66 bits per heavy atom. The van der Waals surface area contributed by atoms with Crippen molar-refractivity contribution >= 4 is 7.82 Å². The number of aryl methyl sites for hydroxylation is 1. The van der Waals surface area contributed by atoms with Crippen molar-refractivity contribution in [2.45, 2.75) is 56.4 Å². The standard InChI is InChI=1S/C23H30NO4P/c24-23(16-28-29(25,26)27)11-10-22(15-23)21-9-8-19-13-18(6-7-20(19)14-21)12-17-4-2-1-3-5-17/h1-5,8-9,14,18,22H,6-7,10-13,15-16,24H2,(H2,25,26,27)/t18-,22+,23-/m1/s1. The summed E-state index contributed by atoms with van der Waals surface area (Å²) in [5.41, 5.74) is 11.3. The molecule has 0 aromatic heterocycles. The third-order valence-corrected chi connectivity index (χ3v) is 7.03. The Morgan fingerprint density at radius 1 is 1.10 bits per heavy atom. The molecule has 2 aromatic carbocycles. The van der Waals surface area contributed by atoms with Crippen LogP contribution in [0.4, 0.5) is 0 Å². The van der Waals surface area contributed by atoms with Crippen LogP contribution in [0.25, 0.3) is 0 Å². The van der Waals surface area contributed by atoms with Crippen molar-refractivity contribution in [1.29, 1.82) is 0 Å². The molecule has 6 heteroatoms. The van der Waals surface area contributed by atoms with Crippen molar-refractivity contribution in [2.24, 2.45) is 11.7 Å². The highest BCUT2D eigenvalue weighted by molar-refractivity contribution is 7.46. The van der Waals surface area contributed by atoms with E-state index in [1.807, 2.05) is 0 Å². The van der Waals surface area contributed by atoms with E-state index in [-0.39, 0.29) is 6.61 Å². The SMILES string of the molecule is N[C@]1(COP(=O)(O)O)CC[C@H](c2ccc3c(c2)CC[C@H](Cc2ccccc2)C3)C1. The molecule has 2 aliphatic rings. The van der Waals surface area contributed by atoms with Gasteiger partial charge >= 0.3 is 7.82 Å². The summed E-state index contributed by atoms with van der Waals surface area (Å²) in [5, 5.41) is 0. The molecule has 29 heavy (non-hydrogen) atoms. The van der Waals surface area contributed by atoms with Crippen molar-refractivity contribution in [3.05, 3.63) is 70.8 Å². The summed E-state index contributed by atoms with van der Waals surface area (Å²) in [4.78, 5) is 17.9. The fourth-order valence-corrected chi connectivity index (χ4v) is 5.44. The second-order valence-corrected chi connectivity index (χ2v) is 10.1. The molecular formula is C23H30NO4P. The molecule has 0 amide bonds. The van der Waals surface area contributed by atoms with Crippen molar-refractivity contribution < 1.29 is 18.9 Å². The van der Waals surface area contributed by atoms with Crippen molar-refractivity contribution in [3.8, 4) is 0 Å². The highest BCUT2D eigenvalue weighted by atomic mass is 31.2. The topological polar surface area (TPSA) is 92.8 Å². The molecule has 4 N–H and O–H groups in total. The maximum absolute atomic E-state index is 11.0. The maximum atomic E-state index is 11.0. The fourth-order valence-electron chi connectivity index (χ4n) is 5.01. The molecule has 4 rings (SSSR count). The van der Waals surface area contributed by atoms with E-state index in [1.165, 1.54) is 28.7 Å². The molecule has 2 aromatic rings. The molecule has 0 saturated heterocycles. The summed E-state index contributed by atoms with van der Waals surface area (Å²) >= 11 is 0. The van der Waals surface area contributed by atoms with Crippen molar-refractivity contribution in [3.63, 3.8) is 0 Å². The molecule has 1 saturated carbocycles. The van der Waals surface area contributed by atoms with Gasteiger partial charge in [-0.05, 0) is 79.0 Å². The Balaban J connectivity index is 1.39. The number of phosphoric ester groups is 1. The molecule has 0 radical (unpaired) electrons. The predicted molar refractivity (Wildman–Crippen MR) is 114 cm³/mol. The third-order valence-electron chi connectivity index (χ3n) is 6.56. The smallest absolute Gasteiger partial charge is 0.323 e. The molecule has 2 aliphatic carbocycles. The van der Waals surface area contributed by atoms with Crippen LogP contribution in [0.5, 0.6) is 0 Å². The number of nitrogens with two attached hydrogens (primary N) is 1. The zero-order chi connectivity index (χ0) is 20.5. The lowest BCUT2D eigenvalue weighted by Gasteiger charge is -2.27. The van der Waals surface area contributed by atoms with Gasteiger partial charge in [0.15, 0.2) is 0 Å². The largest absolute Gasteiger partial charge is 0.469 e. The Hall–Kier alpha value is -1.49. The summed E-state index contributed by atoms with van der Waals surface area (Å²) < 4.78 is 15.7. The molecule has 0 bridgehead atoms. The van der Waals surface area contributed by atoms with Crippen LogP contribution in [0, 0.1) is 5.92 Å². The van der Waals surface area contributed by atoms with Crippen LogP contribution in [0.2, 0.25) is 0 Å². The summed E-state index contributed by atoms with van der Waals surface area (Å²) in [6, 6.07) is 17.6. The minimum atomic E-state index is -4.48. The van der Waals surface area contributed by atoms with Crippen LogP contribution in [0.3, 0.4) is 0 Å². The second kappa shape index (κ2) is 8.33. The summed E-state index contributed by atoms with van der Waals surface area (Å²) in [6.07, 6.45) is 6.94. The minimum absolute atomic E-state index is 0.0973. The van der Waals surface area contributed by atoms with E-state index >= 15 is 0 Å². The van der Waals surface area contributed by atoms with Crippen LogP contribution in [-0.2, 0) is 28.4 Å². The number of hydrogen-bond donors (Lipinski definition) is 3. The minimum Gasteiger partial charge on any atom is -0.323 e. The van der Waals surface area contributed by atoms with Gasteiger partial charge in [-0.1, -0.05) is 48.5 Å². The number of phosphoric acid groups is 1. The highest BCUT2D eigenvalue weighted by Gasteiger charge is 2.38. The van der Waals surface area contributed by atoms with Gasteiger partial charge < -0.3 is 15.5 Å². The van der Waals surface area contributed by atoms with Gasteiger partial charge in [0.2, 0.25) is 0 Å². The second-order valence-electron chi connectivity index (χ2n) is 8.89. The van der Waals surface area contributed by atoms with E-state index in [0.29, 0.717) is 24.7 Å². The van der Waals surface area contributed by atoms with Crippen LogP contribution >= 0.6 is 7.82 Å². The van der Waals surface area contributed by atoms with Crippen LogP contribution in [0.15, 0.2) is 48.5 Å². The van der Waals surface area contributed by atoms with Gasteiger partial charge in [0, 0.05) is 5.54 Å². The van der Waals surface area contributed by atoms with Crippen molar-refractivity contribution in [1.82, 2.24) is 0 Å². The van der Waals surface area contributed by atoms with Gasteiger partial charge in [-0.2, -0.15) is 0 Å². The Morgan fingerprint density at radius 2 is 1.90 bits per heavy atom. The zero-order valence-corrected chi connectivity index (χ0v) is 17.6. The summed E-state index contributed by atoms with van der Waals surface area (Å²) in [5.74, 6) is 1.02. The van der Waals surface area contributed by atoms with E-state index < -0.39 is 13.4 Å². The molecule has 0 heterocycles. The lowest BCUT2D eigenvalue weighted by molar-refractivity contribution is 0.153. The normalized spacial score (nSPS) is 27.0. The predicted octanol–water partition coefficient (Wildman–Crippen LogP) is 4.11. The van der Waals surface area contributed by atoms with Gasteiger partial charge in [-0.25, -0.2) is 4.57 Å². The fraction of sp³-hybridized carbons (Fsp3) is 0.478. The van der Waals surface area contributed by atoms with Crippen LogP contribution < -0.4 is 5.73 Å². The number of rotatable bonds is 6. The molecule has 156 valence electrons. The van der Waals surface area contributed by atoms with E-state index in [1.54, 1.807) is 0 Å². The van der Waals surface area contributed by atoms with E-state index in [9.17, 15) is 4.57 Å². The van der Waals surface area contributed by atoms with Crippen LogP contribution in [-0.4, -0.2) is 21.9 Å². The number of fused-ring (bicyclic) bond motifs is 1. The molecule has 0 aliphatic heterocycles. The zero-order valence-electron chi connectivity index (χ0n) is 16.7. The first-order valence-electron chi connectivity index (χ1n) is 10.4. The first-order chi connectivity index (χ1) is 13.8. The van der Waals surface area contributed by atoms with Gasteiger partial charge in [-0.3, -0.25) is 4.52 Å². The van der Waals surface area contributed by atoms with Crippen molar-refractivity contribution in [2.75, 3.05) is 6.61 Å².